The van der Waals surface area contributed by atoms with E-state index < -0.39 is 41.9 Å². The molecule has 4 rings (SSSR count). The summed E-state index contributed by atoms with van der Waals surface area (Å²) in [7, 11) is 0. The maximum atomic E-state index is 13.1. The molecule has 0 unspecified atom stereocenters. The fourth-order valence-corrected chi connectivity index (χ4v) is 5.67. The highest BCUT2D eigenvalue weighted by atomic mass is 32.1. The van der Waals surface area contributed by atoms with Crippen LogP contribution in [-0.4, -0.2) is 36.7 Å². The van der Waals surface area contributed by atoms with Gasteiger partial charge < -0.3 is 24.7 Å². The summed E-state index contributed by atoms with van der Waals surface area (Å²) in [6.07, 6.45) is 0.298. The van der Waals surface area contributed by atoms with Gasteiger partial charge in [-0.1, -0.05) is 29.8 Å². The molecule has 3 heterocycles. The highest BCUT2D eigenvalue weighted by molar-refractivity contribution is 7.17. The molecule has 31 heavy (non-hydrogen) atoms. The van der Waals surface area contributed by atoms with Gasteiger partial charge in [0.25, 0.3) is 0 Å². The van der Waals surface area contributed by atoms with E-state index in [1.54, 1.807) is 6.92 Å². The number of hydrogen-bond donors (Lipinski definition) is 1. The minimum atomic E-state index is -1.28. The predicted molar refractivity (Wildman–Crippen MR) is 114 cm³/mol. The van der Waals surface area contributed by atoms with Crippen LogP contribution in [0.5, 0.6) is 0 Å². The van der Waals surface area contributed by atoms with Gasteiger partial charge >= 0.3 is 5.97 Å². The first-order chi connectivity index (χ1) is 14.8. The van der Waals surface area contributed by atoms with Gasteiger partial charge in [-0.25, -0.2) is 4.79 Å². The summed E-state index contributed by atoms with van der Waals surface area (Å²) in [5, 5.41) is 14.8. The molecule has 2 aliphatic heterocycles. The Morgan fingerprint density at radius 1 is 1.13 bits per heavy atom. The lowest BCUT2D eigenvalue weighted by atomic mass is 9.78. The van der Waals surface area contributed by atoms with Crippen LogP contribution >= 0.6 is 11.3 Å². The SMILES string of the molecule is CCOC(=O)c1c(NC(=O)[C@@H]2[C@@H](C(=O)[O-])[C@H]3CC[C@@H]2O3)sc(C)c1-c1ccc(C)cc1. The zero-order valence-electron chi connectivity index (χ0n) is 17.6. The number of benzene rings is 1. The minimum absolute atomic E-state index is 0.196. The van der Waals surface area contributed by atoms with Crippen LogP contribution < -0.4 is 10.4 Å². The number of carbonyl (C=O) groups excluding carboxylic acids is 3. The highest BCUT2D eigenvalue weighted by Gasteiger charge is 2.53. The molecule has 1 amide bonds. The average molecular weight is 443 g/mol. The van der Waals surface area contributed by atoms with E-state index in [0.29, 0.717) is 23.4 Å². The van der Waals surface area contributed by atoms with Crippen molar-refractivity contribution in [1.82, 2.24) is 0 Å². The number of anilines is 1. The van der Waals surface area contributed by atoms with E-state index in [1.165, 1.54) is 11.3 Å². The Balaban J connectivity index is 1.70. The lowest BCUT2D eigenvalue weighted by molar-refractivity contribution is -0.313. The van der Waals surface area contributed by atoms with E-state index in [0.717, 1.165) is 16.0 Å². The van der Waals surface area contributed by atoms with Crippen LogP contribution in [0.1, 0.15) is 40.6 Å². The Kier molecular flexibility index (Phi) is 5.85. The van der Waals surface area contributed by atoms with Crippen LogP contribution in [0, 0.1) is 25.7 Å². The quantitative estimate of drug-likeness (QED) is 0.690. The molecule has 8 heteroatoms. The molecule has 1 N–H and O–H groups in total. The van der Waals surface area contributed by atoms with Gasteiger partial charge in [0, 0.05) is 22.3 Å². The molecule has 1 aromatic heterocycles. The van der Waals surface area contributed by atoms with E-state index in [-0.39, 0.29) is 12.2 Å². The van der Waals surface area contributed by atoms with Gasteiger partial charge in [-0.05, 0) is 39.2 Å². The number of esters is 1. The van der Waals surface area contributed by atoms with Crippen molar-refractivity contribution >= 4 is 34.2 Å². The average Bonchev–Trinajstić information content (AvgIpc) is 3.41. The maximum absolute atomic E-state index is 13.1. The molecule has 0 aliphatic carbocycles. The molecule has 2 saturated heterocycles. The number of fused-ring (bicyclic) bond motifs is 2. The Hall–Kier alpha value is -2.71. The number of aryl methyl sites for hydroxylation is 2. The minimum Gasteiger partial charge on any atom is -0.550 e. The number of carboxylic acid groups (broad SMARTS) is 1. The summed E-state index contributed by atoms with van der Waals surface area (Å²) in [6, 6.07) is 7.76. The topological polar surface area (TPSA) is 105 Å². The lowest BCUT2D eigenvalue weighted by Gasteiger charge is -2.27. The van der Waals surface area contributed by atoms with Crippen molar-refractivity contribution in [3.8, 4) is 11.1 Å². The van der Waals surface area contributed by atoms with Crippen molar-refractivity contribution in [2.24, 2.45) is 11.8 Å². The van der Waals surface area contributed by atoms with E-state index in [9.17, 15) is 19.5 Å². The second-order valence-corrected chi connectivity index (χ2v) is 9.20. The van der Waals surface area contributed by atoms with Gasteiger partial charge in [-0.3, -0.25) is 4.79 Å². The van der Waals surface area contributed by atoms with E-state index in [4.69, 9.17) is 9.47 Å². The Morgan fingerprint density at radius 3 is 2.39 bits per heavy atom. The third kappa shape index (κ3) is 3.85. The van der Waals surface area contributed by atoms with Crippen molar-refractivity contribution < 1.29 is 29.0 Å². The summed E-state index contributed by atoms with van der Waals surface area (Å²) in [4.78, 5) is 38.5. The number of carbonyl (C=O) groups is 3. The molecular formula is C23H24NO6S-. The molecule has 0 spiro atoms. The fraction of sp³-hybridized carbons (Fsp3) is 0.435. The van der Waals surface area contributed by atoms with Crippen LogP contribution in [0.25, 0.3) is 11.1 Å². The smallest absolute Gasteiger partial charge is 0.341 e. The van der Waals surface area contributed by atoms with Crippen molar-refractivity contribution in [2.45, 2.75) is 45.8 Å². The third-order valence-electron chi connectivity index (χ3n) is 5.99. The number of nitrogens with one attached hydrogen (secondary N) is 1. The molecule has 2 aliphatic rings. The summed E-state index contributed by atoms with van der Waals surface area (Å²) >= 11 is 1.27. The molecule has 1 aromatic carbocycles. The number of thiophene rings is 1. The second-order valence-electron chi connectivity index (χ2n) is 7.97. The highest BCUT2D eigenvalue weighted by Crippen LogP contribution is 2.45. The van der Waals surface area contributed by atoms with Crippen molar-refractivity contribution in [2.75, 3.05) is 11.9 Å². The number of rotatable bonds is 6. The van der Waals surface area contributed by atoms with Gasteiger partial charge in [-0.2, -0.15) is 0 Å². The normalized spacial score (nSPS) is 24.2. The fourth-order valence-electron chi connectivity index (χ4n) is 4.60. The zero-order valence-corrected chi connectivity index (χ0v) is 18.4. The van der Waals surface area contributed by atoms with Gasteiger partial charge in [0.05, 0.1) is 24.7 Å². The van der Waals surface area contributed by atoms with Crippen molar-refractivity contribution in [1.29, 1.82) is 0 Å². The standard InChI is InChI=1S/C23H25NO6S/c1-4-29-23(28)19-16(13-7-5-11(2)6-8-13)12(3)31-21(19)24-20(25)17-14-9-10-15(30-14)18(17)22(26)27/h5-8,14-15,17-18H,4,9-10H2,1-3H3,(H,24,25)(H,26,27)/p-1/t14-,15+,17-,18-/m0/s1. The van der Waals surface area contributed by atoms with Gasteiger partial charge in [0.1, 0.15) is 10.6 Å². The van der Waals surface area contributed by atoms with Crippen LogP contribution in [-0.2, 0) is 19.1 Å². The van der Waals surface area contributed by atoms with Gasteiger partial charge in [-0.15, -0.1) is 11.3 Å². The van der Waals surface area contributed by atoms with Crippen LogP contribution in [0.2, 0.25) is 0 Å². The first-order valence-corrected chi connectivity index (χ1v) is 11.2. The largest absolute Gasteiger partial charge is 0.550 e. The Labute approximate surface area is 184 Å². The number of carboxylic acids is 1. The summed E-state index contributed by atoms with van der Waals surface area (Å²) < 4.78 is 10.9. The molecule has 2 fully saturated rings. The maximum Gasteiger partial charge on any atom is 0.341 e. The molecule has 7 nitrogen and oxygen atoms in total. The predicted octanol–water partition coefficient (Wildman–Crippen LogP) is 2.69. The number of hydrogen-bond acceptors (Lipinski definition) is 7. The summed E-state index contributed by atoms with van der Waals surface area (Å²) in [5.74, 6) is -4.10. The van der Waals surface area contributed by atoms with E-state index >= 15 is 0 Å². The molecule has 0 radical (unpaired) electrons. The number of ether oxygens (including phenoxy) is 2. The molecular weight excluding hydrogens is 418 g/mol. The summed E-state index contributed by atoms with van der Waals surface area (Å²) in [6.45, 7) is 5.77. The number of amides is 1. The molecule has 2 aromatic rings. The Morgan fingerprint density at radius 2 is 1.77 bits per heavy atom. The van der Waals surface area contributed by atoms with Crippen molar-refractivity contribution in [3.63, 3.8) is 0 Å². The van der Waals surface area contributed by atoms with E-state index in [2.05, 4.69) is 5.32 Å². The van der Waals surface area contributed by atoms with Gasteiger partial charge in [0.2, 0.25) is 5.91 Å². The third-order valence-corrected chi connectivity index (χ3v) is 7.01. The summed E-state index contributed by atoms with van der Waals surface area (Å²) in [5.41, 5.74) is 2.93. The molecule has 0 saturated carbocycles. The van der Waals surface area contributed by atoms with Gasteiger partial charge in [0.15, 0.2) is 0 Å². The number of aliphatic carboxylic acids is 1. The second kappa shape index (κ2) is 8.43. The van der Waals surface area contributed by atoms with Crippen molar-refractivity contribution in [3.05, 3.63) is 40.3 Å². The molecule has 2 bridgehead atoms. The van der Waals surface area contributed by atoms with Crippen LogP contribution in [0.3, 0.4) is 0 Å². The van der Waals surface area contributed by atoms with E-state index in [1.807, 2.05) is 38.1 Å². The lowest BCUT2D eigenvalue weighted by Crippen LogP contribution is -2.46. The first-order valence-electron chi connectivity index (χ1n) is 10.4. The molecule has 4 atom stereocenters. The van der Waals surface area contributed by atoms with Crippen LogP contribution in [0.4, 0.5) is 5.00 Å². The Bertz CT molecular complexity index is 1030. The monoisotopic (exact) mass is 442 g/mol. The first kappa shape index (κ1) is 21.5. The zero-order chi connectivity index (χ0) is 22.3. The van der Waals surface area contributed by atoms with Crippen LogP contribution in [0.15, 0.2) is 24.3 Å². The molecule has 164 valence electrons.